The normalized spacial score (nSPS) is 11.4. The number of hydrogen-bond acceptors (Lipinski definition) is 7. The Balaban J connectivity index is 1.41. The first-order chi connectivity index (χ1) is 15.8. The van der Waals surface area contributed by atoms with Crippen LogP contribution in [0.2, 0.25) is 0 Å². The number of amides is 1. The highest BCUT2D eigenvalue weighted by molar-refractivity contribution is 8.01. The van der Waals surface area contributed by atoms with Crippen LogP contribution in [0.3, 0.4) is 0 Å². The van der Waals surface area contributed by atoms with E-state index in [0.29, 0.717) is 10.9 Å². The summed E-state index contributed by atoms with van der Waals surface area (Å²) in [6.07, 6.45) is 0. The molecule has 4 rings (SSSR count). The third-order valence-electron chi connectivity index (χ3n) is 4.75. The van der Waals surface area contributed by atoms with Crippen molar-refractivity contribution in [2.75, 3.05) is 16.4 Å². The van der Waals surface area contributed by atoms with Crippen molar-refractivity contribution in [1.29, 1.82) is 0 Å². The van der Waals surface area contributed by atoms with Gasteiger partial charge in [0, 0.05) is 17.2 Å². The number of thioether (sulfide) groups is 1. The van der Waals surface area contributed by atoms with Gasteiger partial charge in [-0.25, -0.2) is 4.68 Å². The highest BCUT2D eigenvalue weighted by atomic mass is 32.2. The van der Waals surface area contributed by atoms with Crippen LogP contribution in [0.5, 0.6) is 0 Å². The molecule has 0 unspecified atom stereocenters. The number of nitrogens with zero attached hydrogens (tertiary/aromatic N) is 4. The Bertz CT molecular complexity index is 1240. The molecule has 9 heteroatoms. The molecule has 7 nitrogen and oxygen atoms in total. The topological polar surface area (TPSA) is 84.7 Å². The molecular weight excluding hydrogens is 452 g/mol. The minimum atomic E-state index is -0.137. The second-order valence-corrected chi connectivity index (χ2v) is 10.8. The fourth-order valence-corrected chi connectivity index (χ4v) is 4.65. The summed E-state index contributed by atoms with van der Waals surface area (Å²) in [6, 6.07) is 19.8. The molecule has 0 radical (unpaired) electrons. The van der Waals surface area contributed by atoms with Gasteiger partial charge in [-0.05, 0) is 36.8 Å². The lowest BCUT2D eigenvalue weighted by molar-refractivity contribution is -0.113. The van der Waals surface area contributed by atoms with Crippen LogP contribution in [0.25, 0.3) is 5.69 Å². The second kappa shape index (κ2) is 9.76. The van der Waals surface area contributed by atoms with Crippen molar-refractivity contribution in [1.82, 2.24) is 20.0 Å². The van der Waals surface area contributed by atoms with Crippen molar-refractivity contribution in [3.63, 3.8) is 0 Å². The molecular formula is C24H26N6OS2. The Hall–Kier alpha value is -3.17. The molecule has 0 aliphatic rings. The predicted octanol–water partition coefficient (Wildman–Crippen LogP) is 5.80. The largest absolute Gasteiger partial charge is 0.330 e. The standard InChI is InChI=1S/C24H26N6OS2/c1-16-9-8-10-17(13-16)25-22-27-28-23(33-22)32-15-21(31)26-20-14-19(24(2,3)4)29-30(20)18-11-6-5-7-12-18/h5-14H,15H2,1-4H3,(H,25,27)(H,26,31). The van der Waals surface area contributed by atoms with Gasteiger partial charge < -0.3 is 10.6 Å². The van der Waals surface area contributed by atoms with E-state index in [9.17, 15) is 4.79 Å². The zero-order chi connectivity index (χ0) is 23.4. The molecule has 0 aliphatic heterocycles. The van der Waals surface area contributed by atoms with E-state index in [2.05, 4.69) is 41.6 Å². The second-order valence-electron chi connectivity index (χ2n) is 8.62. The molecule has 0 bridgehead atoms. The Morgan fingerprint density at radius 3 is 2.58 bits per heavy atom. The molecule has 2 aromatic carbocycles. The predicted molar refractivity (Wildman–Crippen MR) is 136 cm³/mol. The number of aryl methyl sites for hydroxylation is 1. The van der Waals surface area contributed by atoms with Gasteiger partial charge in [0.2, 0.25) is 11.0 Å². The zero-order valence-corrected chi connectivity index (χ0v) is 20.6. The van der Waals surface area contributed by atoms with Gasteiger partial charge in [-0.3, -0.25) is 4.79 Å². The highest BCUT2D eigenvalue weighted by Gasteiger charge is 2.21. The molecule has 170 valence electrons. The first-order valence-corrected chi connectivity index (χ1v) is 12.3. The SMILES string of the molecule is Cc1cccc(Nc2nnc(SCC(=O)Nc3cc(C(C)(C)C)nn3-c3ccccc3)s2)c1. The number of carbonyl (C=O) groups excluding carboxylic acids is 1. The van der Waals surface area contributed by atoms with Gasteiger partial charge in [0.05, 0.1) is 17.1 Å². The third-order valence-corrected chi connectivity index (χ3v) is 6.72. The summed E-state index contributed by atoms with van der Waals surface area (Å²) in [4.78, 5) is 12.7. The maximum Gasteiger partial charge on any atom is 0.235 e. The van der Waals surface area contributed by atoms with Gasteiger partial charge in [-0.2, -0.15) is 5.10 Å². The fourth-order valence-electron chi connectivity index (χ4n) is 3.07. The quantitative estimate of drug-likeness (QED) is 0.326. The third kappa shape index (κ3) is 6.00. The van der Waals surface area contributed by atoms with Crippen molar-refractivity contribution in [3.05, 3.63) is 71.9 Å². The smallest absolute Gasteiger partial charge is 0.235 e. The van der Waals surface area contributed by atoms with E-state index >= 15 is 0 Å². The molecule has 4 aromatic rings. The van der Waals surface area contributed by atoms with Crippen molar-refractivity contribution >= 4 is 45.6 Å². The summed E-state index contributed by atoms with van der Waals surface area (Å²) in [5, 5.41) is 20.1. The first kappa shape index (κ1) is 23.0. The number of benzene rings is 2. The molecule has 0 aliphatic carbocycles. The maximum atomic E-state index is 12.7. The van der Waals surface area contributed by atoms with Crippen molar-refractivity contribution in [3.8, 4) is 5.69 Å². The average molecular weight is 479 g/mol. The summed E-state index contributed by atoms with van der Waals surface area (Å²) in [6.45, 7) is 8.34. The minimum Gasteiger partial charge on any atom is -0.330 e. The van der Waals surface area contributed by atoms with Crippen LogP contribution >= 0.6 is 23.1 Å². The van der Waals surface area contributed by atoms with Crippen LogP contribution in [0.4, 0.5) is 16.6 Å². The van der Waals surface area contributed by atoms with E-state index in [-0.39, 0.29) is 17.1 Å². The average Bonchev–Trinajstić information content (AvgIpc) is 3.40. The number of hydrogen-bond donors (Lipinski definition) is 2. The summed E-state index contributed by atoms with van der Waals surface area (Å²) in [5.41, 5.74) is 3.79. The zero-order valence-electron chi connectivity index (χ0n) is 19.0. The summed E-state index contributed by atoms with van der Waals surface area (Å²) in [5.74, 6) is 0.751. The molecule has 0 spiro atoms. The molecule has 1 amide bonds. The molecule has 0 atom stereocenters. The number of nitrogens with one attached hydrogen (secondary N) is 2. The highest BCUT2D eigenvalue weighted by Crippen LogP contribution is 2.29. The van der Waals surface area contributed by atoms with Crippen LogP contribution in [0, 0.1) is 6.92 Å². The van der Waals surface area contributed by atoms with Crippen LogP contribution in [-0.4, -0.2) is 31.6 Å². The van der Waals surface area contributed by atoms with Crippen LogP contribution in [0.1, 0.15) is 32.0 Å². The summed E-state index contributed by atoms with van der Waals surface area (Å²) < 4.78 is 2.50. The molecule has 2 N–H and O–H groups in total. The number of rotatable bonds is 7. The van der Waals surface area contributed by atoms with E-state index in [1.54, 1.807) is 4.68 Å². The number of carbonyl (C=O) groups is 1. The number of anilines is 3. The van der Waals surface area contributed by atoms with E-state index in [1.807, 2.05) is 67.6 Å². The van der Waals surface area contributed by atoms with E-state index in [1.165, 1.54) is 28.7 Å². The fraction of sp³-hybridized carbons (Fsp3) is 0.250. The maximum absolute atomic E-state index is 12.7. The van der Waals surface area contributed by atoms with Gasteiger partial charge in [0.25, 0.3) is 0 Å². The monoisotopic (exact) mass is 478 g/mol. The Kier molecular flexibility index (Phi) is 6.80. The van der Waals surface area contributed by atoms with E-state index < -0.39 is 0 Å². The molecule has 0 fully saturated rings. The van der Waals surface area contributed by atoms with Crippen LogP contribution < -0.4 is 10.6 Å². The minimum absolute atomic E-state index is 0.124. The lowest BCUT2D eigenvalue weighted by atomic mass is 9.92. The Labute approximate surface area is 201 Å². The van der Waals surface area contributed by atoms with Crippen molar-refractivity contribution in [2.24, 2.45) is 0 Å². The van der Waals surface area contributed by atoms with E-state index in [4.69, 9.17) is 5.10 Å². The van der Waals surface area contributed by atoms with Crippen molar-refractivity contribution in [2.45, 2.75) is 37.4 Å². The number of para-hydroxylation sites is 1. The van der Waals surface area contributed by atoms with Gasteiger partial charge in [-0.15, -0.1) is 10.2 Å². The van der Waals surface area contributed by atoms with Crippen LogP contribution in [-0.2, 0) is 10.2 Å². The van der Waals surface area contributed by atoms with Crippen molar-refractivity contribution < 1.29 is 4.79 Å². The molecule has 0 saturated carbocycles. The lowest BCUT2D eigenvalue weighted by Crippen LogP contribution is -2.16. The summed E-state index contributed by atoms with van der Waals surface area (Å²) in [7, 11) is 0. The Morgan fingerprint density at radius 1 is 1.06 bits per heavy atom. The van der Waals surface area contributed by atoms with Gasteiger partial charge in [0.1, 0.15) is 5.82 Å². The van der Waals surface area contributed by atoms with Crippen LogP contribution in [0.15, 0.2) is 65.0 Å². The van der Waals surface area contributed by atoms with Gasteiger partial charge >= 0.3 is 0 Å². The molecule has 0 saturated heterocycles. The summed E-state index contributed by atoms with van der Waals surface area (Å²) >= 11 is 2.78. The van der Waals surface area contributed by atoms with E-state index in [0.717, 1.165) is 21.4 Å². The Morgan fingerprint density at radius 2 is 1.85 bits per heavy atom. The first-order valence-electron chi connectivity index (χ1n) is 10.5. The molecule has 2 heterocycles. The molecule has 33 heavy (non-hydrogen) atoms. The molecule has 2 aromatic heterocycles. The van der Waals surface area contributed by atoms with Gasteiger partial charge in [0.15, 0.2) is 4.34 Å². The van der Waals surface area contributed by atoms with Gasteiger partial charge in [-0.1, -0.05) is 74.2 Å². The lowest BCUT2D eigenvalue weighted by Gasteiger charge is -2.14. The number of aromatic nitrogens is 4.